The fourth-order valence-corrected chi connectivity index (χ4v) is 3.56. The standard InChI is InChI=1S/C19H28ClN7/c1-15-22-10-13-26(15)11-4-3-8-24-19(21-2)25-16-7-12-27(14-16)18-17(20)6-5-9-23-18/h5-6,9-10,13,16H,3-4,7-8,11-12,14H2,1-2H3,(H2,21,24,25). The van der Waals surface area contributed by atoms with E-state index < -0.39 is 0 Å². The van der Waals surface area contributed by atoms with Crippen molar-refractivity contribution in [3.8, 4) is 0 Å². The van der Waals surface area contributed by atoms with Gasteiger partial charge in [-0.1, -0.05) is 11.6 Å². The van der Waals surface area contributed by atoms with Gasteiger partial charge in [0, 0.05) is 57.9 Å². The van der Waals surface area contributed by atoms with Gasteiger partial charge in [-0.05, 0) is 38.3 Å². The monoisotopic (exact) mass is 389 g/mol. The Balaban J connectivity index is 1.38. The van der Waals surface area contributed by atoms with Gasteiger partial charge >= 0.3 is 0 Å². The van der Waals surface area contributed by atoms with E-state index in [0.29, 0.717) is 11.1 Å². The van der Waals surface area contributed by atoms with Crippen LogP contribution in [0.1, 0.15) is 25.1 Å². The van der Waals surface area contributed by atoms with Crippen LogP contribution in [-0.4, -0.2) is 53.2 Å². The summed E-state index contributed by atoms with van der Waals surface area (Å²) in [5.74, 6) is 2.79. The maximum Gasteiger partial charge on any atom is 0.191 e. The molecule has 0 spiro atoms. The molecule has 1 aliphatic heterocycles. The highest BCUT2D eigenvalue weighted by Crippen LogP contribution is 2.25. The molecule has 3 heterocycles. The Bertz CT molecular complexity index is 758. The molecule has 2 aromatic rings. The minimum absolute atomic E-state index is 0.336. The van der Waals surface area contributed by atoms with E-state index in [1.165, 1.54) is 0 Å². The van der Waals surface area contributed by atoms with Crippen LogP contribution in [0.5, 0.6) is 0 Å². The molecule has 3 rings (SSSR count). The van der Waals surface area contributed by atoms with Crippen molar-refractivity contribution < 1.29 is 0 Å². The first-order valence-corrected chi connectivity index (χ1v) is 9.85. The number of nitrogens with one attached hydrogen (secondary N) is 2. The summed E-state index contributed by atoms with van der Waals surface area (Å²) in [7, 11) is 1.81. The highest BCUT2D eigenvalue weighted by Gasteiger charge is 2.25. The Labute approximate surface area is 165 Å². The number of pyridine rings is 1. The van der Waals surface area contributed by atoms with E-state index in [1.54, 1.807) is 6.20 Å². The molecular formula is C19H28ClN7. The van der Waals surface area contributed by atoms with Crippen molar-refractivity contribution >= 4 is 23.4 Å². The Morgan fingerprint density at radius 3 is 2.96 bits per heavy atom. The van der Waals surface area contributed by atoms with Gasteiger partial charge in [0.2, 0.25) is 0 Å². The van der Waals surface area contributed by atoms with Gasteiger partial charge in [-0.3, -0.25) is 4.99 Å². The average molecular weight is 390 g/mol. The van der Waals surface area contributed by atoms with Gasteiger partial charge in [-0.25, -0.2) is 9.97 Å². The number of anilines is 1. The lowest BCUT2D eigenvalue weighted by Crippen LogP contribution is -2.44. The van der Waals surface area contributed by atoms with Crippen molar-refractivity contribution in [3.05, 3.63) is 41.6 Å². The fourth-order valence-electron chi connectivity index (χ4n) is 3.32. The van der Waals surface area contributed by atoms with E-state index in [2.05, 4.69) is 35.1 Å². The third-order valence-corrected chi connectivity index (χ3v) is 5.13. The smallest absolute Gasteiger partial charge is 0.191 e. The van der Waals surface area contributed by atoms with Crippen LogP contribution >= 0.6 is 11.6 Å². The molecule has 27 heavy (non-hydrogen) atoms. The van der Waals surface area contributed by atoms with Gasteiger partial charge < -0.3 is 20.1 Å². The molecule has 1 unspecified atom stereocenters. The number of aryl methyl sites for hydroxylation is 2. The van der Waals surface area contributed by atoms with Crippen LogP contribution in [0.3, 0.4) is 0 Å². The molecule has 0 saturated carbocycles. The zero-order valence-electron chi connectivity index (χ0n) is 16.0. The van der Waals surface area contributed by atoms with Gasteiger partial charge in [0.25, 0.3) is 0 Å². The highest BCUT2D eigenvalue weighted by atomic mass is 35.5. The third-order valence-electron chi connectivity index (χ3n) is 4.83. The number of nitrogens with zero attached hydrogens (tertiary/aromatic N) is 5. The summed E-state index contributed by atoms with van der Waals surface area (Å²) in [5, 5.41) is 7.62. The average Bonchev–Trinajstić information content (AvgIpc) is 3.30. The maximum atomic E-state index is 6.26. The number of imidazole rings is 1. The van der Waals surface area contributed by atoms with Crippen molar-refractivity contribution in [2.24, 2.45) is 4.99 Å². The Hall–Kier alpha value is -2.28. The fraction of sp³-hybridized carbons (Fsp3) is 0.526. The van der Waals surface area contributed by atoms with Crippen LogP contribution in [0.25, 0.3) is 0 Å². The number of guanidine groups is 1. The topological polar surface area (TPSA) is 70.4 Å². The largest absolute Gasteiger partial charge is 0.356 e. The van der Waals surface area contributed by atoms with E-state index in [-0.39, 0.29) is 0 Å². The van der Waals surface area contributed by atoms with Crippen LogP contribution < -0.4 is 15.5 Å². The SMILES string of the molecule is CN=C(NCCCCn1ccnc1C)NC1CCN(c2ncccc2Cl)C1. The Morgan fingerprint density at radius 1 is 1.33 bits per heavy atom. The molecule has 0 aliphatic carbocycles. The molecule has 7 nitrogen and oxygen atoms in total. The summed E-state index contributed by atoms with van der Waals surface area (Å²) in [5.41, 5.74) is 0. The first-order valence-electron chi connectivity index (χ1n) is 9.47. The lowest BCUT2D eigenvalue weighted by molar-refractivity contribution is 0.583. The molecule has 1 fully saturated rings. The molecule has 0 amide bonds. The number of aromatic nitrogens is 3. The Morgan fingerprint density at radius 2 is 2.22 bits per heavy atom. The van der Waals surface area contributed by atoms with Crippen LogP contribution in [0.15, 0.2) is 35.7 Å². The molecule has 0 aromatic carbocycles. The molecule has 8 heteroatoms. The predicted octanol–water partition coefficient (Wildman–Crippen LogP) is 2.46. The van der Waals surface area contributed by atoms with Gasteiger partial charge in [0.05, 0.1) is 5.02 Å². The van der Waals surface area contributed by atoms with Gasteiger partial charge in [-0.2, -0.15) is 0 Å². The summed E-state index contributed by atoms with van der Waals surface area (Å²) in [6.07, 6.45) is 8.89. The molecule has 0 radical (unpaired) electrons. The first kappa shape index (κ1) is 19.5. The number of halogens is 1. The molecular weight excluding hydrogens is 362 g/mol. The second-order valence-electron chi connectivity index (χ2n) is 6.76. The highest BCUT2D eigenvalue weighted by molar-refractivity contribution is 6.32. The van der Waals surface area contributed by atoms with Crippen molar-refractivity contribution in [1.82, 2.24) is 25.2 Å². The van der Waals surface area contributed by atoms with Crippen molar-refractivity contribution in [3.63, 3.8) is 0 Å². The van der Waals surface area contributed by atoms with E-state index in [4.69, 9.17) is 11.6 Å². The summed E-state index contributed by atoms with van der Waals surface area (Å²) in [6.45, 7) is 5.75. The van der Waals surface area contributed by atoms with Gasteiger partial charge in [0.15, 0.2) is 5.96 Å². The summed E-state index contributed by atoms with van der Waals surface area (Å²) >= 11 is 6.26. The zero-order chi connectivity index (χ0) is 19.1. The lowest BCUT2D eigenvalue weighted by Gasteiger charge is -2.20. The molecule has 146 valence electrons. The van der Waals surface area contributed by atoms with Crippen molar-refractivity contribution in [2.75, 3.05) is 31.6 Å². The normalized spacial score (nSPS) is 17.4. The minimum Gasteiger partial charge on any atom is -0.356 e. The number of unbranched alkanes of at least 4 members (excludes halogenated alkanes) is 1. The molecule has 2 aromatic heterocycles. The maximum absolute atomic E-state index is 6.26. The molecule has 2 N–H and O–H groups in total. The molecule has 1 saturated heterocycles. The molecule has 0 bridgehead atoms. The van der Waals surface area contributed by atoms with Crippen LogP contribution in [0.2, 0.25) is 5.02 Å². The van der Waals surface area contributed by atoms with E-state index in [9.17, 15) is 0 Å². The number of rotatable bonds is 7. The number of hydrogen-bond donors (Lipinski definition) is 2. The van der Waals surface area contributed by atoms with Crippen LogP contribution in [-0.2, 0) is 6.54 Å². The Kier molecular flexibility index (Phi) is 6.92. The second kappa shape index (κ2) is 9.60. The number of aliphatic imine (C=N–C) groups is 1. The quantitative estimate of drug-likeness (QED) is 0.432. The molecule has 1 aliphatic rings. The van der Waals surface area contributed by atoms with Gasteiger partial charge in [-0.15, -0.1) is 0 Å². The molecule has 1 atom stereocenters. The predicted molar refractivity (Wildman–Crippen MR) is 111 cm³/mol. The zero-order valence-corrected chi connectivity index (χ0v) is 16.8. The van der Waals surface area contributed by atoms with E-state index in [1.807, 2.05) is 38.5 Å². The third kappa shape index (κ3) is 5.35. The van der Waals surface area contributed by atoms with Crippen molar-refractivity contribution in [1.29, 1.82) is 0 Å². The summed E-state index contributed by atoms with van der Waals surface area (Å²) in [4.78, 5) is 15.2. The lowest BCUT2D eigenvalue weighted by atomic mass is 10.2. The summed E-state index contributed by atoms with van der Waals surface area (Å²) in [6, 6.07) is 4.08. The van der Waals surface area contributed by atoms with Crippen molar-refractivity contribution in [2.45, 2.75) is 38.8 Å². The summed E-state index contributed by atoms with van der Waals surface area (Å²) < 4.78 is 2.18. The first-order chi connectivity index (χ1) is 13.2. The van der Waals surface area contributed by atoms with Crippen LogP contribution in [0, 0.1) is 6.92 Å². The van der Waals surface area contributed by atoms with E-state index >= 15 is 0 Å². The number of hydrogen-bond acceptors (Lipinski definition) is 4. The minimum atomic E-state index is 0.336. The van der Waals surface area contributed by atoms with Crippen LogP contribution in [0.4, 0.5) is 5.82 Å². The van der Waals surface area contributed by atoms with Gasteiger partial charge in [0.1, 0.15) is 11.6 Å². The van der Waals surface area contributed by atoms with E-state index in [0.717, 1.165) is 63.0 Å². The second-order valence-corrected chi connectivity index (χ2v) is 7.17.